The molecule has 0 bridgehead atoms. The van der Waals surface area contributed by atoms with E-state index in [0.717, 1.165) is 37.7 Å². The van der Waals surface area contributed by atoms with Crippen LogP contribution in [0.15, 0.2) is 36.7 Å². The number of rotatable bonds is 3. The molecule has 25 heavy (non-hydrogen) atoms. The van der Waals surface area contributed by atoms with Crippen LogP contribution in [0.5, 0.6) is 0 Å². The zero-order chi connectivity index (χ0) is 18.0. The van der Waals surface area contributed by atoms with Crippen LogP contribution in [0.1, 0.15) is 39.2 Å². The Hall–Kier alpha value is -1.94. The fraction of sp³-hybridized carbons (Fsp3) is 0.524. The normalized spacial score (nSPS) is 17.6. The lowest BCUT2D eigenvalue weighted by molar-refractivity contribution is 0.311. The first-order chi connectivity index (χ1) is 11.8. The maximum atomic E-state index is 4.62. The van der Waals surface area contributed by atoms with Gasteiger partial charge in [-0.05, 0) is 29.5 Å². The largest absolute Gasteiger partial charge is 0.338 e. The smallest absolute Gasteiger partial charge is 0.225 e. The molecule has 4 heteroatoms. The van der Waals surface area contributed by atoms with Crippen molar-refractivity contribution in [2.24, 2.45) is 5.41 Å². The predicted octanol–water partition coefficient (Wildman–Crippen LogP) is 4.05. The van der Waals surface area contributed by atoms with Crippen LogP contribution in [-0.2, 0) is 0 Å². The third kappa shape index (κ3) is 4.18. The van der Waals surface area contributed by atoms with E-state index in [1.165, 1.54) is 11.1 Å². The Balaban J connectivity index is 1.78. The summed E-state index contributed by atoms with van der Waals surface area (Å²) in [6, 6.07) is 8.79. The standard InChI is InChI=1S/C21H30N4/c1-16(21(2,3)4)17-7-6-8-18(13-17)19-14-22-20(23-15-19)25-11-9-24(5)10-12-25/h6-8,13-16H,9-12H2,1-5H3/t16-/m0/s1. The lowest BCUT2D eigenvalue weighted by Gasteiger charge is -2.32. The van der Waals surface area contributed by atoms with Gasteiger partial charge in [-0.1, -0.05) is 52.0 Å². The van der Waals surface area contributed by atoms with E-state index in [4.69, 9.17) is 0 Å². The van der Waals surface area contributed by atoms with Crippen LogP contribution in [0.25, 0.3) is 11.1 Å². The molecule has 0 amide bonds. The van der Waals surface area contributed by atoms with Gasteiger partial charge in [0.2, 0.25) is 5.95 Å². The Bertz CT molecular complexity index is 695. The van der Waals surface area contributed by atoms with Gasteiger partial charge in [-0.25, -0.2) is 9.97 Å². The number of likely N-dealkylation sites (N-methyl/N-ethyl adjacent to an activating group) is 1. The summed E-state index contributed by atoms with van der Waals surface area (Å²) in [6.07, 6.45) is 3.92. The van der Waals surface area contributed by atoms with Crippen molar-refractivity contribution >= 4 is 5.95 Å². The van der Waals surface area contributed by atoms with Gasteiger partial charge < -0.3 is 9.80 Å². The molecule has 134 valence electrons. The third-order valence-electron chi connectivity index (χ3n) is 5.44. The Labute approximate surface area is 151 Å². The highest BCUT2D eigenvalue weighted by Crippen LogP contribution is 2.35. The van der Waals surface area contributed by atoms with E-state index in [2.05, 4.69) is 78.8 Å². The molecule has 1 saturated heterocycles. The number of piperazine rings is 1. The van der Waals surface area contributed by atoms with Crippen molar-refractivity contribution in [3.05, 3.63) is 42.2 Å². The average molecular weight is 338 g/mol. The van der Waals surface area contributed by atoms with Crippen molar-refractivity contribution in [1.82, 2.24) is 14.9 Å². The second kappa shape index (κ2) is 7.12. The Kier molecular flexibility index (Phi) is 5.09. The minimum absolute atomic E-state index is 0.250. The summed E-state index contributed by atoms with van der Waals surface area (Å²) in [4.78, 5) is 13.9. The molecule has 0 unspecified atom stereocenters. The van der Waals surface area contributed by atoms with Gasteiger partial charge in [0.05, 0.1) is 0 Å². The first-order valence-corrected chi connectivity index (χ1v) is 9.20. The van der Waals surface area contributed by atoms with Gasteiger partial charge in [0, 0.05) is 44.1 Å². The maximum Gasteiger partial charge on any atom is 0.225 e. The highest BCUT2D eigenvalue weighted by atomic mass is 15.3. The van der Waals surface area contributed by atoms with E-state index in [1.54, 1.807) is 0 Å². The van der Waals surface area contributed by atoms with E-state index in [9.17, 15) is 0 Å². The first-order valence-electron chi connectivity index (χ1n) is 9.20. The molecule has 1 aliphatic heterocycles. The lowest BCUT2D eigenvalue weighted by atomic mass is 9.77. The number of aromatic nitrogens is 2. The summed E-state index contributed by atoms with van der Waals surface area (Å²) in [6.45, 7) is 13.3. The number of nitrogens with zero attached hydrogens (tertiary/aromatic N) is 4. The molecule has 1 fully saturated rings. The van der Waals surface area contributed by atoms with Crippen molar-refractivity contribution in [3.8, 4) is 11.1 Å². The minimum Gasteiger partial charge on any atom is -0.338 e. The van der Waals surface area contributed by atoms with Gasteiger partial charge in [0.25, 0.3) is 0 Å². The van der Waals surface area contributed by atoms with Crippen molar-refractivity contribution in [2.45, 2.75) is 33.6 Å². The van der Waals surface area contributed by atoms with Crippen LogP contribution < -0.4 is 4.90 Å². The van der Waals surface area contributed by atoms with Gasteiger partial charge in [0.15, 0.2) is 0 Å². The quantitative estimate of drug-likeness (QED) is 0.845. The zero-order valence-electron chi connectivity index (χ0n) is 16.2. The summed E-state index contributed by atoms with van der Waals surface area (Å²) < 4.78 is 0. The Morgan fingerprint density at radius 3 is 2.20 bits per heavy atom. The first kappa shape index (κ1) is 17.9. The second-order valence-corrected chi connectivity index (χ2v) is 8.28. The molecule has 1 atom stereocenters. The Morgan fingerprint density at radius 1 is 0.960 bits per heavy atom. The molecule has 2 aromatic rings. The fourth-order valence-electron chi connectivity index (χ4n) is 3.13. The van der Waals surface area contributed by atoms with Gasteiger partial charge in [-0.2, -0.15) is 0 Å². The molecule has 0 N–H and O–H groups in total. The SMILES string of the molecule is C[C@@H](c1cccc(-c2cnc(N3CCN(C)CC3)nc2)c1)C(C)(C)C. The molecule has 0 spiro atoms. The summed E-state index contributed by atoms with van der Waals surface area (Å²) in [5, 5.41) is 0. The van der Waals surface area contributed by atoms with Crippen LogP contribution in [0.2, 0.25) is 0 Å². The summed E-state index contributed by atoms with van der Waals surface area (Å²) in [5.41, 5.74) is 3.90. The Morgan fingerprint density at radius 2 is 1.60 bits per heavy atom. The summed E-state index contributed by atoms with van der Waals surface area (Å²) >= 11 is 0. The number of hydrogen-bond donors (Lipinski definition) is 0. The fourth-order valence-corrected chi connectivity index (χ4v) is 3.13. The van der Waals surface area contributed by atoms with E-state index in [0.29, 0.717) is 5.92 Å². The molecule has 1 aromatic heterocycles. The van der Waals surface area contributed by atoms with Gasteiger partial charge in [0.1, 0.15) is 0 Å². The van der Waals surface area contributed by atoms with Crippen LogP contribution in [0.3, 0.4) is 0 Å². The topological polar surface area (TPSA) is 32.3 Å². The van der Waals surface area contributed by atoms with Crippen LogP contribution in [0, 0.1) is 5.41 Å². The molecule has 2 heterocycles. The zero-order valence-corrected chi connectivity index (χ0v) is 16.2. The molecule has 1 aliphatic rings. The van der Waals surface area contributed by atoms with Gasteiger partial charge >= 0.3 is 0 Å². The van der Waals surface area contributed by atoms with Crippen molar-refractivity contribution in [3.63, 3.8) is 0 Å². The molecule has 3 rings (SSSR count). The molecule has 0 radical (unpaired) electrons. The van der Waals surface area contributed by atoms with Crippen LogP contribution in [-0.4, -0.2) is 48.1 Å². The maximum absolute atomic E-state index is 4.62. The van der Waals surface area contributed by atoms with Gasteiger partial charge in [-0.3, -0.25) is 0 Å². The minimum atomic E-state index is 0.250. The molecular formula is C21H30N4. The molecule has 1 aromatic carbocycles. The van der Waals surface area contributed by atoms with Gasteiger partial charge in [-0.15, -0.1) is 0 Å². The highest BCUT2D eigenvalue weighted by molar-refractivity contribution is 5.63. The monoisotopic (exact) mass is 338 g/mol. The van der Waals surface area contributed by atoms with Crippen LogP contribution >= 0.6 is 0 Å². The van der Waals surface area contributed by atoms with Crippen LogP contribution in [0.4, 0.5) is 5.95 Å². The van der Waals surface area contributed by atoms with Crippen molar-refractivity contribution in [2.75, 3.05) is 38.1 Å². The number of hydrogen-bond acceptors (Lipinski definition) is 4. The third-order valence-corrected chi connectivity index (χ3v) is 5.44. The summed E-state index contributed by atoms with van der Waals surface area (Å²) in [7, 11) is 2.16. The predicted molar refractivity (Wildman–Crippen MR) is 105 cm³/mol. The van der Waals surface area contributed by atoms with E-state index < -0.39 is 0 Å². The molecule has 0 aliphatic carbocycles. The van der Waals surface area contributed by atoms with Crippen molar-refractivity contribution < 1.29 is 0 Å². The molecular weight excluding hydrogens is 308 g/mol. The van der Waals surface area contributed by atoms with E-state index in [-0.39, 0.29) is 5.41 Å². The van der Waals surface area contributed by atoms with Crippen molar-refractivity contribution in [1.29, 1.82) is 0 Å². The average Bonchev–Trinajstić information content (AvgIpc) is 2.61. The lowest BCUT2D eigenvalue weighted by Crippen LogP contribution is -2.45. The number of benzene rings is 1. The molecule has 4 nitrogen and oxygen atoms in total. The summed E-state index contributed by atoms with van der Waals surface area (Å²) in [5.74, 6) is 1.34. The number of anilines is 1. The molecule has 0 saturated carbocycles. The van der Waals surface area contributed by atoms with E-state index in [1.807, 2.05) is 12.4 Å². The second-order valence-electron chi connectivity index (χ2n) is 8.28. The van der Waals surface area contributed by atoms with E-state index >= 15 is 0 Å². The highest BCUT2D eigenvalue weighted by Gasteiger charge is 2.22.